The minimum absolute atomic E-state index is 0.341. The lowest BCUT2D eigenvalue weighted by Gasteiger charge is -2.13. The van der Waals surface area contributed by atoms with Crippen LogP contribution in [0.3, 0.4) is 0 Å². The fourth-order valence-corrected chi connectivity index (χ4v) is 2.68. The zero-order chi connectivity index (χ0) is 14.0. The zero-order valence-corrected chi connectivity index (χ0v) is 13.2. The molecule has 0 aliphatic carbocycles. The highest BCUT2D eigenvalue weighted by Crippen LogP contribution is 2.31. The molecule has 1 aromatic heterocycles. The number of benzene rings is 1. The summed E-state index contributed by atoms with van der Waals surface area (Å²) in [5.41, 5.74) is 3.30. The first kappa shape index (κ1) is 14.0. The number of anilines is 1. The van der Waals surface area contributed by atoms with Crippen LogP contribution in [-0.4, -0.2) is 17.0 Å². The molecule has 0 spiro atoms. The van der Waals surface area contributed by atoms with Gasteiger partial charge in [0, 0.05) is 12.6 Å². The van der Waals surface area contributed by atoms with E-state index in [0.717, 1.165) is 27.4 Å². The Bertz CT molecular complexity index is 577. The summed E-state index contributed by atoms with van der Waals surface area (Å²) in [5, 5.41) is 3.11. The van der Waals surface area contributed by atoms with Crippen LogP contribution < -0.4 is 5.32 Å². The fourth-order valence-electron chi connectivity index (χ4n) is 1.84. The number of rotatable bonds is 3. The van der Waals surface area contributed by atoms with Crippen molar-refractivity contribution in [1.29, 1.82) is 0 Å². The maximum atomic E-state index is 4.68. The Morgan fingerprint density at radius 2 is 1.74 bits per heavy atom. The topological polar surface area (TPSA) is 37.8 Å². The maximum absolute atomic E-state index is 4.68. The smallest absolute Gasteiger partial charge is 0.161 e. The van der Waals surface area contributed by atoms with Crippen LogP contribution >= 0.6 is 15.9 Å². The van der Waals surface area contributed by atoms with Gasteiger partial charge in [0.05, 0.1) is 10.2 Å². The van der Waals surface area contributed by atoms with E-state index in [1.807, 2.05) is 7.05 Å². The number of nitrogens with one attached hydrogen (secondary N) is 1. The average Bonchev–Trinajstić information content (AvgIpc) is 2.39. The molecular formula is C15H18BrN3. The van der Waals surface area contributed by atoms with E-state index in [9.17, 15) is 0 Å². The molecule has 0 unspecified atom stereocenters. The van der Waals surface area contributed by atoms with Crippen molar-refractivity contribution in [3.05, 3.63) is 40.0 Å². The maximum Gasteiger partial charge on any atom is 0.161 e. The number of aryl methyl sites for hydroxylation is 1. The number of aromatic nitrogens is 2. The number of nitrogens with zero attached hydrogens (tertiary/aromatic N) is 2. The van der Waals surface area contributed by atoms with E-state index in [0.29, 0.717) is 5.92 Å². The monoisotopic (exact) mass is 319 g/mol. The van der Waals surface area contributed by atoms with Gasteiger partial charge in [0.2, 0.25) is 0 Å². The highest BCUT2D eigenvalue weighted by atomic mass is 79.9. The quantitative estimate of drug-likeness (QED) is 0.912. The Hall–Kier alpha value is -1.42. The third kappa shape index (κ3) is 2.95. The molecule has 3 nitrogen and oxygen atoms in total. The molecule has 19 heavy (non-hydrogen) atoms. The van der Waals surface area contributed by atoms with E-state index in [1.165, 1.54) is 5.56 Å². The Morgan fingerprint density at radius 3 is 2.26 bits per heavy atom. The molecule has 0 bridgehead atoms. The molecule has 0 saturated heterocycles. The van der Waals surface area contributed by atoms with Crippen molar-refractivity contribution in [3.8, 4) is 11.4 Å². The molecule has 4 heteroatoms. The Morgan fingerprint density at radius 1 is 1.11 bits per heavy atom. The lowest BCUT2D eigenvalue weighted by Crippen LogP contribution is -2.04. The molecule has 1 N–H and O–H groups in total. The molecule has 1 heterocycles. The van der Waals surface area contributed by atoms with Gasteiger partial charge in [-0.2, -0.15) is 0 Å². The first-order chi connectivity index (χ1) is 9.02. The summed E-state index contributed by atoms with van der Waals surface area (Å²) < 4.78 is 0.945. The normalized spacial score (nSPS) is 10.8. The molecule has 100 valence electrons. The van der Waals surface area contributed by atoms with E-state index in [2.05, 4.69) is 76.3 Å². The summed E-state index contributed by atoms with van der Waals surface area (Å²) in [6, 6.07) is 8.27. The lowest BCUT2D eigenvalue weighted by atomic mass is 10.1. The second-order valence-electron chi connectivity index (χ2n) is 4.87. The minimum atomic E-state index is 0.341. The summed E-state index contributed by atoms with van der Waals surface area (Å²) in [4.78, 5) is 9.25. The molecule has 0 saturated carbocycles. The Labute approximate surface area is 122 Å². The highest BCUT2D eigenvalue weighted by Gasteiger charge is 2.14. The first-order valence-corrected chi connectivity index (χ1v) is 7.14. The van der Waals surface area contributed by atoms with Crippen LogP contribution in [0.4, 0.5) is 5.82 Å². The van der Waals surface area contributed by atoms with E-state index in [1.54, 1.807) is 0 Å². The van der Waals surface area contributed by atoms with Crippen molar-refractivity contribution in [1.82, 2.24) is 9.97 Å². The van der Waals surface area contributed by atoms with Crippen LogP contribution in [0, 0.1) is 6.92 Å². The number of hydrogen-bond donors (Lipinski definition) is 1. The second kappa shape index (κ2) is 5.70. The molecule has 0 amide bonds. The van der Waals surface area contributed by atoms with Crippen LogP contribution in [0.5, 0.6) is 0 Å². The van der Waals surface area contributed by atoms with Crippen molar-refractivity contribution in [2.24, 2.45) is 0 Å². The van der Waals surface area contributed by atoms with E-state index >= 15 is 0 Å². The third-order valence-corrected chi connectivity index (χ3v) is 3.75. The van der Waals surface area contributed by atoms with Crippen LogP contribution in [0.2, 0.25) is 0 Å². The van der Waals surface area contributed by atoms with Crippen molar-refractivity contribution in [2.45, 2.75) is 26.7 Å². The van der Waals surface area contributed by atoms with Gasteiger partial charge in [-0.15, -0.1) is 0 Å². The van der Waals surface area contributed by atoms with Gasteiger partial charge in [0.1, 0.15) is 5.82 Å². The molecule has 2 aromatic rings. The number of hydrogen-bond acceptors (Lipinski definition) is 3. The molecule has 0 aliphatic heterocycles. The van der Waals surface area contributed by atoms with E-state index in [4.69, 9.17) is 0 Å². The molecule has 0 aliphatic rings. The van der Waals surface area contributed by atoms with Crippen LogP contribution in [0.1, 0.15) is 31.0 Å². The molecule has 0 atom stereocenters. The second-order valence-corrected chi connectivity index (χ2v) is 5.66. The zero-order valence-electron chi connectivity index (χ0n) is 11.7. The van der Waals surface area contributed by atoms with Gasteiger partial charge in [0.25, 0.3) is 0 Å². The number of halogens is 1. The van der Waals surface area contributed by atoms with Crippen LogP contribution in [0.15, 0.2) is 28.7 Å². The van der Waals surface area contributed by atoms with Gasteiger partial charge in [-0.05, 0) is 28.8 Å². The predicted molar refractivity (Wildman–Crippen MR) is 83.5 cm³/mol. The van der Waals surface area contributed by atoms with Gasteiger partial charge in [-0.3, -0.25) is 0 Å². The van der Waals surface area contributed by atoms with E-state index < -0.39 is 0 Å². The van der Waals surface area contributed by atoms with Gasteiger partial charge in [-0.1, -0.05) is 43.7 Å². The van der Waals surface area contributed by atoms with Crippen molar-refractivity contribution < 1.29 is 0 Å². The van der Waals surface area contributed by atoms with Crippen molar-refractivity contribution in [3.63, 3.8) is 0 Å². The summed E-state index contributed by atoms with van der Waals surface area (Å²) in [7, 11) is 1.87. The fraction of sp³-hybridized carbons (Fsp3) is 0.333. The lowest BCUT2D eigenvalue weighted by molar-refractivity contribution is 0.810. The SMILES string of the molecule is CNc1nc(-c2ccc(C)cc2)nc(C(C)C)c1Br. The Kier molecular flexibility index (Phi) is 4.20. The molecule has 2 rings (SSSR count). The largest absolute Gasteiger partial charge is 0.372 e. The third-order valence-electron chi connectivity index (χ3n) is 2.97. The Balaban J connectivity index is 2.57. The van der Waals surface area contributed by atoms with Crippen molar-refractivity contribution >= 4 is 21.7 Å². The standard InChI is InChI=1S/C15H18BrN3/c1-9(2)13-12(16)15(17-4)19-14(18-13)11-7-5-10(3)6-8-11/h5-9H,1-4H3,(H,17,18,19). The van der Waals surface area contributed by atoms with Crippen LogP contribution in [0.25, 0.3) is 11.4 Å². The van der Waals surface area contributed by atoms with Gasteiger partial charge in [-0.25, -0.2) is 9.97 Å². The summed E-state index contributed by atoms with van der Waals surface area (Å²) in [6.07, 6.45) is 0. The predicted octanol–water partition coefficient (Wildman–Crippen LogP) is 4.38. The van der Waals surface area contributed by atoms with E-state index in [-0.39, 0.29) is 0 Å². The summed E-state index contributed by atoms with van der Waals surface area (Å²) in [5.74, 6) is 1.93. The highest BCUT2D eigenvalue weighted by molar-refractivity contribution is 9.10. The van der Waals surface area contributed by atoms with Gasteiger partial charge in [0.15, 0.2) is 5.82 Å². The van der Waals surface area contributed by atoms with Crippen molar-refractivity contribution in [2.75, 3.05) is 12.4 Å². The van der Waals surface area contributed by atoms with Crippen LogP contribution in [-0.2, 0) is 0 Å². The summed E-state index contributed by atoms with van der Waals surface area (Å²) >= 11 is 3.57. The minimum Gasteiger partial charge on any atom is -0.372 e. The summed E-state index contributed by atoms with van der Waals surface area (Å²) in [6.45, 7) is 6.34. The molecular weight excluding hydrogens is 302 g/mol. The first-order valence-electron chi connectivity index (χ1n) is 6.35. The van der Waals surface area contributed by atoms with Gasteiger partial charge >= 0.3 is 0 Å². The van der Waals surface area contributed by atoms with Gasteiger partial charge < -0.3 is 5.32 Å². The molecule has 1 aromatic carbocycles. The molecule has 0 radical (unpaired) electrons. The molecule has 0 fully saturated rings. The average molecular weight is 320 g/mol.